The molecule has 0 aliphatic carbocycles. The van der Waals surface area contributed by atoms with Crippen molar-refractivity contribution in [2.24, 2.45) is 5.73 Å². The van der Waals surface area contributed by atoms with Crippen molar-refractivity contribution >= 4 is 0 Å². The van der Waals surface area contributed by atoms with Crippen LogP contribution in [0.15, 0.2) is 30.3 Å². The molecule has 1 heterocycles. The predicted octanol–water partition coefficient (Wildman–Crippen LogP) is 2.10. The Morgan fingerprint density at radius 1 is 1.32 bits per heavy atom. The molecule has 1 fully saturated rings. The lowest BCUT2D eigenvalue weighted by molar-refractivity contribution is -0.0186. The molecule has 106 valence electrons. The molecule has 1 aromatic carbocycles. The molecule has 3 heteroatoms. The second-order valence-corrected chi connectivity index (χ2v) is 6.34. The van der Waals surface area contributed by atoms with E-state index in [1.807, 2.05) is 0 Å². The van der Waals surface area contributed by atoms with E-state index in [-0.39, 0.29) is 5.54 Å². The van der Waals surface area contributed by atoms with Crippen LogP contribution < -0.4 is 5.73 Å². The Kier molecular flexibility index (Phi) is 4.29. The highest BCUT2D eigenvalue weighted by molar-refractivity contribution is 5.19. The van der Waals surface area contributed by atoms with E-state index in [2.05, 4.69) is 68.0 Å². The Hall–Kier alpha value is -0.900. The van der Waals surface area contributed by atoms with Crippen LogP contribution in [0, 0.1) is 0 Å². The van der Waals surface area contributed by atoms with Crippen molar-refractivity contribution in [3.8, 4) is 0 Å². The zero-order chi connectivity index (χ0) is 14.0. The number of likely N-dealkylation sites (N-methyl/N-ethyl adjacent to an activating group) is 1. The summed E-state index contributed by atoms with van der Waals surface area (Å²) in [6.07, 6.45) is 0. The largest absolute Gasteiger partial charge is 0.329 e. The molecule has 2 rings (SSSR count). The molecule has 0 saturated carbocycles. The van der Waals surface area contributed by atoms with Gasteiger partial charge >= 0.3 is 0 Å². The Balaban J connectivity index is 2.21. The summed E-state index contributed by atoms with van der Waals surface area (Å²) in [5, 5.41) is 0. The van der Waals surface area contributed by atoms with Crippen molar-refractivity contribution in [2.75, 3.05) is 26.7 Å². The van der Waals surface area contributed by atoms with E-state index in [9.17, 15) is 0 Å². The van der Waals surface area contributed by atoms with Crippen LogP contribution in [0.3, 0.4) is 0 Å². The van der Waals surface area contributed by atoms with Crippen LogP contribution in [0.4, 0.5) is 0 Å². The van der Waals surface area contributed by atoms with Gasteiger partial charge in [0.2, 0.25) is 0 Å². The van der Waals surface area contributed by atoms with Gasteiger partial charge in [0, 0.05) is 37.3 Å². The third-order valence-corrected chi connectivity index (χ3v) is 4.61. The molecule has 0 bridgehead atoms. The molecule has 2 unspecified atom stereocenters. The number of nitrogens with two attached hydrogens (primary N) is 1. The Bertz CT molecular complexity index is 402. The fourth-order valence-corrected chi connectivity index (χ4v) is 2.95. The first kappa shape index (κ1) is 14.5. The number of rotatable bonds is 3. The van der Waals surface area contributed by atoms with Gasteiger partial charge in [-0.3, -0.25) is 9.80 Å². The van der Waals surface area contributed by atoms with Gasteiger partial charge in [-0.2, -0.15) is 0 Å². The average Bonchev–Trinajstić information content (AvgIpc) is 2.41. The van der Waals surface area contributed by atoms with E-state index < -0.39 is 0 Å². The number of piperazine rings is 1. The van der Waals surface area contributed by atoms with Crippen LogP contribution in [-0.2, 0) is 0 Å². The molecule has 0 amide bonds. The van der Waals surface area contributed by atoms with Gasteiger partial charge < -0.3 is 5.73 Å². The first-order chi connectivity index (χ1) is 8.95. The first-order valence-electron chi connectivity index (χ1n) is 7.17. The lowest BCUT2D eigenvalue weighted by Gasteiger charge is -2.51. The van der Waals surface area contributed by atoms with E-state index >= 15 is 0 Å². The molecule has 1 aliphatic heterocycles. The topological polar surface area (TPSA) is 32.5 Å². The molecule has 1 saturated heterocycles. The SMILES string of the molecule is CC(c1ccccc1)N1CC(C)(C)N(C)CC1CN. The van der Waals surface area contributed by atoms with Crippen LogP contribution in [0.1, 0.15) is 32.4 Å². The van der Waals surface area contributed by atoms with Crippen LogP contribution in [0.2, 0.25) is 0 Å². The molecule has 0 aromatic heterocycles. The Morgan fingerprint density at radius 3 is 2.53 bits per heavy atom. The van der Waals surface area contributed by atoms with E-state index in [4.69, 9.17) is 5.73 Å². The first-order valence-corrected chi connectivity index (χ1v) is 7.17. The summed E-state index contributed by atoms with van der Waals surface area (Å²) >= 11 is 0. The smallest absolute Gasteiger partial charge is 0.0352 e. The average molecular weight is 261 g/mol. The second kappa shape index (κ2) is 5.61. The molecule has 1 aliphatic rings. The summed E-state index contributed by atoms with van der Waals surface area (Å²) in [5.74, 6) is 0. The van der Waals surface area contributed by atoms with Crippen molar-refractivity contribution in [2.45, 2.75) is 38.4 Å². The molecule has 2 atom stereocenters. The second-order valence-electron chi connectivity index (χ2n) is 6.34. The van der Waals surface area contributed by atoms with E-state index in [0.717, 1.165) is 19.6 Å². The third kappa shape index (κ3) is 2.99. The quantitative estimate of drug-likeness (QED) is 0.904. The fraction of sp³-hybridized carbons (Fsp3) is 0.625. The molecular formula is C16H27N3. The van der Waals surface area contributed by atoms with Gasteiger partial charge in [-0.25, -0.2) is 0 Å². The van der Waals surface area contributed by atoms with E-state index in [1.54, 1.807) is 0 Å². The summed E-state index contributed by atoms with van der Waals surface area (Å²) in [7, 11) is 2.20. The zero-order valence-electron chi connectivity index (χ0n) is 12.6. The lowest BCUT2D eigenvalue weighted by atomic mass is 9.93. The molecule has 2 N–H and O–H groups in total. The maximum Gasteiger partial charge on any atom is 0.0352 e. The monoisotopic (exact) mass is 261 g/mol. The number of nitrogens with zero attached hydrogens (tertiary/aromatic N) is 2. The van der Waals surface area contributed by atoms with Crippen molar-refractivity contribution in [1.82, 2.24) is 9.80 Å². The van der Waals surface area contributed by atoms with Crippen LogP contribution in [0.5, 0.6) is 0 Å². The van der Waals surface area contributed by atoms with Gasteiger partial charge in [0.15, 0.2) is 0 Å². The number of benzene rings is 1. The number of hydrogen-bond donors (Lipinski definition) is 1. The van der Waals surface area contributed by atoms with Gasteiger partial charge in [-0.1, -0.05) is 30.3 Å². The maximum atomic E-state index is 5.99. The van der Waals surface area contributed by atoms with Gasteiger partial charge in [-0.15, -0.1) is 0 Å². The molecule has 19 heavy (non-hydrogen) atoms. The number of hydrogen-bond acceptors (Lipinski definition) is 3. The van der Waals surface area contributed by atoms with Crippen molar-refractivity contribution in [3.05, 3.63) is 35.9 Å². The van der Waals surface area contributed by atoms with Gasteiger partial charge in [0.05, 0.1) is 0 Å². The Labute approximate surface area is 117 Å². The van der Waals surface area contributed by atoms with Gasteiger partial charge in [0.1, 0.15) is 0 Å². The normalized spacial score (nSPS) is 26.3. The fourth-order valence-electron chi connectivity index (χ4n) is 2.95. The molecular weight excluding hydrogens is 234 g/mol. The Morgan fingerprint density at radius 2 is 1.95 bits per heavy atom. The highest BCUT2D eigenvalue weighted by Crippen LogP contribution is 2.30. The van der Waals surface area contributed by atoms with Gasteiger partial charge in [-0.05, 0) is 33.4 Å². The van der Waals surface area contributed by atoms with Crippen molar-refractivity contribution in [3.63, 3.8) is 0 Å². The summed E-state index contributed by atoms with van der Waals surface area (Å²) in [4.78, 5) is 4.99. The minimum atomic E-state index is 0.203. The maximum absolute atomic E-state index is 5.99. The summed E-state index contributed by atoms with van der Waals surface area (Å²) in [6.45, 7) is 9.73. The van der Waals surface area contributed by atoms with Crippen LogP contribution in [0.25, 0.3) is 0 Å². The molecule has 1 aromatic rings. The van der Waals surface area contributed by atoms with Crippen LogP contribution in [-0.4, -0.2) is 48.1 Å². The summed E-state index contributed by atoms with van der Waals surface area (Å²) in [5.41, 5.74) is 7.57. The highest BCUT2D eigenvalue weighted by atomic mass is 15.3. The minimum absolute atomic E-state index is 0.203. The summed E-state index contributed by atoms with van der Waals surface area (Å²) in [6, 6.07) is 11.6. The van der Waals surface area contributed by atoms with Crippen LogP contribution >= 0.6 is 0 Å². The lowest BCUT2D eigenvalue weighted by Crippen LogP contribution is -2.63. The van der Waals surface area contributed by atoms with E-state index in [1.165, 1.54) is 5.56 Å². The molecule has 0 radical (unpaired) electrons. The molecule has 0 spiro atoms. The highest BCUT2D eigenvalue weighted by Gasteiger charge is 2.38. The molecule has 3 nitrogen and oxygen atoms in total. The zero-order valence-corrected chi connectivity index (χ0v) is 12.6. The summed E-state index contributed by atoms with van der Waals surface area (Å²) < 4.78 is 0. The minimum Gasteiger partial charge on any atom is -0.329 e. The standard InChI is InChI=1S/C16H27N3/c1-13(14-8-6-5-7-9-14)19-12-16(2,3)18(4)11-15(19)10-17/h5-9,13,15H,10-12,17H2,1-4H3. The third-order valence-electron chi connectivity index (χ3n) is 4.61. The predicted molar refractivity (Wildman–Crippen MR) is 81.1 cm³/mol. The van der Waals surface area contributed by atoms with Crippen molar-refractivity contribution < 1.29 is 0 Å². The van der Waals surface area contributed by atoms with Crippen molar-refractivity contribution in [1.29, 1.82) is 0 Å². The van der Waals surface area contributed by atoms with E-state index in [0.29, 0.717) is 12.1 Å². The van der Waals surface area contributed by atoms with Gasteiger partial charge in [0.25, 0.3) is 0 Å².